The van der Waals surface area contributed by atoms with Crippen LogP contribution < -0.4 is 5.32 Å². The van der Waals surface area contributed by atoms with Gasteiger partial charge in [-0.15, -0.1) is 0 Å². The van der Waals surface area contributed by atoms with E-state index in [4.69, 9.17) is 0 Å². The van der Waals surface area contributed by atoms with Crippen LogP contribution in [0.5, 0.6) is 0 Å². The summed E-state index contributed by atoms with van der Waals surface area (Å²) in [6, 6.07) is 4.76. The third kappa shape index (κ3) is 3.29. The molecular weight excluding hydrogens is 264 g/mol. The van der Waals surface area contributed by atoms with Crippen LogP contribution >= 0.6 is 15.9 Å². The third-order valence-corrected chi connectivity index (χ3v) is 3.96. The van der Waals surface area contributed by atoms with Crippen LogP contribution in [-0.2, 0) is 6.42 Å². The maximum absolute atomic E-state index is 4.43. The van der Waals surface area contributed by atoms with Crippen LogP contribution in [0.4, 0.5) is 0 Å². The molecule has 1 atom stereocenters. The predicted molar refractivity (Wildman–Crippen MR) is 70.4 cm³/mol. The molecule has 0 aliphatic heterocycles. The van der Waals surface area contributed by atoms with Gasteiger partial charge in [-0.3, -0.25) is 4.98 Å². The highest BCUT2D eigenvalue weighted by Crippen LogP contribution is 2.30. The largest absolute Gasteiger partial charge is 0.317 e. The lowest BCUT2D eigenvalue weighted by Crippen LogP contribution is -2.32. The normalized spacial score (nSPS) is 18.1. The summed E-state index contributed by atoms with van der Waals surface area (Å²) in [7, 11) is 2.06. The van der Waals surface area contributed by atoms with Crippen LogP contribution in [0, 0.1) is 5.92 Å². The fourth-order valence-electron chi connectivity index (χ4n) is 2.21. The predicted octanol–water partition coefficient (Wildman–Crippen LogP) is 3.16. The van der Waals surface area contributed by atoms with Gasteiger partial charge in [0.15, 0.2) is 0 Å². The maximum Gasteiger partial charge on any atom is 0.0419 e. The van der Waals surface area contributed by atoms with Gasteiger partial charge in [0.2, 0.25) is 0 Å². The molecule has 1 aromatic heterocycles. The summed E-state index contributed by atoms with van der Waals surface area (Å²) in [6.45, 7) is 0. The molecule has 3 heteroatoms. The molecule has 1 heterocycles. The molecule has 0 aromatic carbocycles. The summed E-state index contributed by atoms with van der Waals surface area (Å²) in [5, 5.41) is 3.41. The molecule has 1 aliphatic rings. The van der Waals surface area contributed by atoms with Crippen molar-refractivity contribution in [3.63, 3.8) is 0 Å². The molecule has 88 valence electrons. The molecule has 2 rings (SSSR count). The van der Waals surface area contributed by atoms with E-state index in [1.165, 1.54) is 31.4 Å². The second-order valence-electron chi connectivity index (χ2n) is 4.69. The molecular formula is C13H19BrN2. The van der Waals surface area contributed by atoms with Crippen molar-refractivity contribution in [2.75, 3.05) is 7.05 Å². The Kier molecular flexibility index (Phi) is 4.36. The second-order valence-corrected chi connectivity index (χ2v) is 5.61. The minimum atomic E-state index is 0.582. The van der Waals surface area contributed by atoms with Crippen molar-refractivity contribution in [1.82, 2.24) is 10.3 Å². The Morgan fingerprint density at radius 1 is 1.50 bits per heavy atom. The molecule has 16 heavy (non-hydrogen) atoms. The number of hydrogen-bond donors (Lipinski definition) is 1. The van der Waals surface area contributed by atoms with E-state index in [0.29, 0.717) is 6.04 Å². The summed E-state index contributed by atoms with van der Waals surface area (Å²) in [6.07, 6.45) is 8.50. The molecule has 0 bridgehead atoms. The molecule has 1 saturated carbocycles. The fourth-order valence-corrected chi connectivity index (χ4v) is 2.45. The highest BCUT2D eigenvalue weighted by atomic mass is 79.9. The number of hydrogen-bond acceptors (Lipinski definition) is 2. The lowest BCUT2D eigenvalue weighted by molar-refractivity contribution is 0.263. The highest BCUT2D eigenvalue weighted by molar-refractivity contribution is 9.10. The zero-order valence-electron chi connectivity index (χ0n) is 9.75. The maximum atomic E-state index is 4.43. The van der Waals surface area contributed by atoms with Crippen molar-refractivity contribution >= 4 is 15.9 Å². The quantitative estimate of drug-likeness (QED) is 0.897. The highest BCUT2D eigenvalue weighted by Gasteiger charge is 2.21. The lowest BCUT2D eigenvalue weighted by atomic mass is 9.80. The van der Waals surface area contributed by atoms with E-state index in [1.54, 1.807) is 0 Å². The van der Waals surface area contributed by atoms with Gasteiger partial charge in [-0.05, 0) is 47.4 Å². The Bertz CT molecular complexity index is 319. The van der Waals surface area contributed by atoms with Crippen molar-refractivity contribution in [2.24, 2.45) is 5.92 Å². The average molecular weight is 283 g/mol. The van der Waals surface area contributed by atoms with Crippen molar-refractivity contribution in [3.05, 3.63) is 28.5 Å². The Morgan fingerprint density at radius 3 is 2.81 bits per heavy atom. The fraction of sp³-hybridized carbons (Fsp3) is 0.615. The topological polar surface area (TPSA) is 24.9 Å². The number of pyridine rings is 1. The molecule has 0 amide bonds. The van der Waals surface area contributed by atoms with Crippen molar-refractivity contribution in [2.45, 2.75) is 38.1 Å². The van der Waals surface area contributed by atoms with Gasteiger partial charge in [-0.2, -0.15) is 0 Å². The van der Waals surface area contributed by atoms with Crippen molar-refractivity contribution < 1.29 is 0 Å². The van der Waals surface area contributed by atoms with Crippen molar-refractivity contribution in [3.8, 4) is 0 Å². The van der Waals surface area contributed by atoms with Gasteiger partial charge in [0.05, 0.1) is 0 Å². The molecule has 2 nitrogen and oxygen atoms in total. The molecule has 1 unspecified atom stereocenters. The zero-order chi connectivity index (χ0) is 11.4. The number of likely N-dealkylation sites (N-methyl/N-ethyl adjacent to an activating group) is 1. The Balaban J connectivity index is 1.87. The third-order valence-electron chi connectivity index (χ3n) is 3.50. The van der Waals surface area contributed by atoms with E-state index in [-0.39, 0.29) is 0 Å². The monoisotopic (exact) mass is 282 g/mol. The van der Waals surface area contributed by atoms with Gasteiger partial charge < -0.3 is 5.32 Å². The molecule has 1 aromatic rings. The molecule has 0 radical (unpaired) electrons. The minimum Gasteiger partial charge on any atom is -0.317 e. The average Bonchev–Trinajstić information content (AvgIpc) is 2.24. The molecule has 0 saturated heterocycles. The van der Waals surface area contributed by atoms with E-state index in [2.05, 4.69) is 45.4 Å². The van der Waals surface area contributed by atoms with Gasteiger partial charge in [0.25, 0.3) is 0 Å². The molecule has 1 fully saturated rings. The van der Waals surface area contributed by atoms with Gasteiger partial charge in [0.1, 0.15) is 0 Å². The summed E-state index contributed by atoms with van der Waals surface area (Å²) in [4.78, 5) is 4.43. The van der Waals surface area contributed by atoms with E-state index in [1.807, 2.05) is 6.20 Å². The van der Waals surface area contributed by atoms with Crippen molar-refractivity contribution in [1.29, 1.82) is 0 Å². The van der Waals surface area contributed by atoms with Gasteiger partial charge >= 0.3 is 0 Å². The van der Waals surface area contributed by atoms with Gasteiger partial charge in [0, 0.05) is 28.8 Å². The summed E-state index contributed by atoms with van der Waals surface area (Å²) < 4.78 is 1.05. The summed E-state index contributed by atoms with van der Waals surface area (Å²) in [5.74, 6) is 0.952. The first kappa shape index (κ1) is 12.1. The van der Waals surface area contributed by atoms with E-state index in [9.17, 15) is 0 Å². The van der Waals surface area contributed by atoms with Crippen LogP contribution in [0.2, 0.25) is 0 Å². The first-order valence-electron chi connectivity index (χ1n) is 6.05. The van der Waals surface area contributed by atoms with Crippen LogP contribution in [0.3, 0.4) is 0 Å². The first-order chi connectivity index (χ1) is 7.78. The number of nitrogens with zero attached hydrogens (tertiary/aromatic N) is 1. The second kappa shape index (κ2) is 5.78. The number of aromatic nitrogens is 1. The van der Waals surface area contributed by atoms with Crippen LogP contribution in [0.1, 0.15) is 31.4 Å². The van der Waals surface area contributed by atoms with E-state index < -0.39 is 0 Å². The van der Waals surface area contributed by atoms with Crippen LogP contribution in [0.15, 0.2) is 22.8 Å². The number of rotatable bonds is 5. The molecule has 1 aliphatic carbocycles. The first-order valence-corrected chi connectivity index (χ1v) is 6.85. The minimum absolute atomic E-state index is 0.582. The number of nitrogens with one attached hydrogen (secondary N) is 1. The molecule has 0 spiro atoms. The smallest absolute Gasteiger partial charge is 0.0419 e. The molecule has 1 N–H and O–H groups in total. The number of halogens is 1. The Morgan fingerprint density at radius 2 is 2.31 bits per heavy atom. The van der Waals surface area contributed by atoms with Gasteiger partial charge in [-0.25, -0.2) is 0 Å². The summed E-state index contributed by atoms with van der Waals surface area (Å²) >= 11 is 3.41. The zero-order valence-corrected chi connectivity index (χ0v) is 11.3. The van der Waals surface area contributed by atoms with Gasteiger partial charge in [-0.1, -0.05) is 19.3 Å². The standard InChI is InChI=1S/C13H19BrN2/c1-15-13(7-10-3-2-4-10)8-12-6-5-11(14)9-16-12/h5-6,9-10,13,15H,2-4,7-8H2,1H3. The lowest BCUT2D eigenvalue weighted by Gasteiger charge is -2.29. The van der Waals surface area contributed by atoms with Crippen LogP contribution in [-0.4, -0.2) is 18.1 Å². The van der Waals surface area contributed by atoms with E-state index >= 15 is 0 Å². The van der Waals surface area contributed by atoms with Crippen LogP contribution in [0.25, 0.3) is 0 Å². The van der Waals surface area contributed by atoms with E-state index in [0.717, 1.165) is 16.8 Å². The SMILES string of the molecule is CNC(Cc1ccc(Br)cn1)CC1CCC1. The Hall–Kier alpha value is -0.410. The summed E-state index contributed by atoms with van der Waals surface area (Å²) in [5.41, 5.74) is 1.18. The Labute approximate surface area is 106 Å².